The molecular formula is C13H16O3. The van der Waals surface area contributed by atoms with E-state index >= 15 is 0 Å². The molecule has 0 N–H and O–H groups in total. The number of hydrogen-bond donors (Lipinski definition) is 0. The van der Waals surface area contributed by atoms with Crippen molar-refractivity contribution in [2.24, 2.45) is 0 Å². The first kappa shape index (κ1) is 11.3. The molecule has 1 aromatic rings. The van der Waals surface area contributed by atoms with Gasteiger partial charge in [-0.15, -0.1) is 0 Å². The van der Waals surface area contributed by atoms with Gasteiger partial charge in [0.05, 0.1) is 13.2 Å². The lowest BCUT2D eigenvalue weighted by atomic mass is 9.98. The van der Waals surface area contributed by atoms with Crippen LogP contribution < -0.4 is 0 Å². The van der Waals surface area contributed by atoms with E-state index in [4.69, 9.17) is 9.47 Å². The van der Waals surface area contributed by atoms with Crippen molar-refractivity contribution in [2.75, 3.05) is 13.2 Å². The monoisotopic (exact) mass is 220 g/mol. The van der Waals surface area contributed by atoms with Crippen molar-refractivity contribution >= 4 is 5.78 Å². The lowest BCUT2D eigenvalue weighted by Crippen LogP contribution is -2.06. The van der Waals surface area contributed by atoms with E-state index in [1.54, 1.807) is 0 Å². The molecule has 0 saturated carbocycles. The molecule has 0 aromatic heterocycles. The van der Waals surface area contributed by atoms with E-state index in [0.29, 0.717) is 19.6 Å². The summed E-state index contributed by atoms with van der Waals surface area (Å²) < 4.78 is 10.9. The maximum absolute atomic E-state index is 11.7. The molecule has 2 rings (SSSR count). The zero-order chi connectivity index (χ0) is 11.5. The van der Waals surface area contributed by atoms with E-state index in [0.717, 1.165) is 16.7 Å². The third kappa shape index (κ3) is 2.01. The summed E-state index contributed by atoms with van der Waals surface area (Å²) in [4.78, 5) is 11.7. The van der Waals surface area contributed by atoms with E-state index < -0.39 is 0 Å². The Bertz CT molecular complexity index is 392. The SMILES string of the molecule is CCC(=O)c1cccc(C2OCCO2)c1C. The summed E-state index contributed by atoms with van der Waals surface area (Å²) in [7, 11) is 0. The van der Waals surface area contributed by atoms with Crippen LogP contribution in [-0.4, -0.2) is 19.0 Å². The van der Waals surface area contributed by atoms with Crippen molar-refractivity contribution in [2.45, 2.75) is 26.6 Å². The summed E-state index contributed by atoms with van der Waals surface area (Å²) in [5, 5.41) is 0. The standard InChI is InChI=1S/C13H16O3/c1-3-12(14)10-5-4-6-11(9(10)2)13-15-7-8-16-13/h4-6,13H,3,7-8H2,1-2H3. The average Bonchev–Trinajstić information content (AvgIpc) is 2.82. The smallest absolute Gasteiger partial charge is 0.184 e. The number of ketones is 1. The van der Waals surface area contributed by atoms with Crippen LogP contribution in [0.5, 0.6) is 0 Å². The van der Waals surface area contributed by atoms with Crippen molar-refractivity contribution in [1.82, 2.24) is 0 Å². The maximum atomic E-state index is 11.7. The first-order valence-corrected chi connectivity index (χ1v) is 5.60. The molecule has 1 aromatic carbocycles. The van der Waals surface area contributed by atoms with Crippen molar-refractivity contribution in [3.63, 3.8) is 0 Å². The Labute approximate surface area is 95.4 Å². The molecule has 0 amide bonds. The molecule has 86 valence electrons. The van der Waals surface area contributed by atoms with Crippen LogP contribution in [0.25, 0.3) is 0 Å². The molecule has 16 heavy (non-hydrogen) atoms. The van der Waals surface area contributed by atoms with Gasteiger partial charge >= 0.3 is 0 Å². The Hall–Kier alpha value is -1.19. The predicted molar refractivity (Wildman–Crippen MR) is 60.4 cm³/mol. The van der Waals surface area contributed by atoms with Gasteiger partial charge in [0, 0.05) is 17.5 Å². The van der Waals surface area contributed by atoms with Gasteiger partial charge in [-0.1, -0.05) is 25.1 Å². The van der Waals surface area contributed by atoms with Crippen molar-refractivity contribution < 1.29 is 14.3 Å². The van der Waals surface area contributed by atoms with Crippen LogP contribution in [0.1, 0.15) is 41.1 Å². The fourth-order valence-corrected chi connectivity index (χ4v) is 1.94. The summed E-state index contributed by atoms with van der Waals surface area (Å²) in [6.07, 6.45) is 0.223. The number of hydrogen-bond acceptors (Lipinski definition) is 3. The van der Waals surface area contributed by atoms with Crippen LogP contribution >= 0.6 is 0 Å². The number of Topliss-reactive ketones (excluding diaryl/α,β-unsaturated/α-hetero) is 1. The Morgan fingerprint density at radius 2 is 2.06 bits per heavy atom. The fraction of sp³-hybridized carbons (Fsp3) is 0.462. The summed E-state index contributed by atoms with van der Waals surface area (Å²) in [6.45, 7) is 5.06. The van der Waals surface area contributed by atoms with Gasteiger partial charge in [-0.3, -0.25) is 4.79 Å². The minimum Gasteiger partial charge on any atom is -0.346 e. The minimum atomic E-state index is -0.301. The van der Waals surface area contributed by atoms with Gasteiger partial charge in [0.25, 0.3) is 0 Å². The van der Waals surface area contributed by atoms with Gasteiger partial charge in [-0.2, -0.15) is 0 Å². The number of rotatable bonds is 3. The topological polar surface area (TPSA) is 35.5 Å². The number of ether oxygens (including phenoxy) is 2. The van der Waals surface area contributed by atoms with Crippen LogP contribution in [0.4, 0.5) is 0 Å². The second-order valence-electron chi connectivity index (χ2n) is 3.87. The molecule has 3 heteroatoms. The Kier molecular flexibility index (Phi) is 3.36. The number of carbonyl (C=O) groups is 1. The lowest BCUT2D eigenvalue weighted by Gasteiger charge is -2.14. The summed E-state index contributed by atoms with van der Waals surface area (Å²) >= 11 is 0. The molecule has 3 nitrogen and oxygen atoms in total. The molecule has 0 aliphatic carbocycles. The first-order valence-electron chi connectivity index (χ1n) is 5.60. The molecule has 0 atom stereocenters. The normalized spacial score (nSPS) is 16.6. The summed E-state index contributed by atoms with van der Waals surface area (Å²) in [6, 6.07) is 5.70. The van der Waals surface area contributed by atoms with Gasteiger partial charge in [-0.05, 0) is 12.5 Å². The first-order chi connectivity index (χ1) is 7.74. The molecular weight excluding hydrogens is 204 g/mol. The quantitative estimate of drug-likeness (QED) is 0.734. The van der Waals surface area contributed by atoms with Crippen LogP contribution in [0.15, 0.2) is 18.2 Å². The maximum Gasteiger partial charge on any atom is 0.184 e. The zero-order valence-corrected chi connectivity index (χ0v) is 9.66. The largest absolute Gasteiger partial charge is 0.346 e. The molecule has 1 aliphatic heterocycles. The van der Waals surface area contributed by atoms with Crippen LogP contribution in [-0.2, 0) is 9.47 Å². The Morgan fingerprint density at radius 1 is 1.38 bits per heavy atom. The highest BCUT2D eigenvalue weighted by Crippen LogP contribution is 2.28. The Balaban J connectivity index is 2.35. The van der Waals surface area contributed by atoms with E-state index in [9.17, 15) is 4.79 Å². The third-order valence-corrected chi connectivity index (χ3v) is 2.87. The Morgan fingerprint density at radius 3 is 2.69 bits per heavy atom. The number of carbonyl (C=O) groups excluding carboxylic acids is 1. The van der Waals surface area contributed by atoms with Gasteiger partial charge in [0.15, 0.2) is 12.1 Å². The van der Waals surface area contributed by atoms with Crippen molar-refractivity contribution in [3.8, 4) is 0 Å². The highest BCUT2D eigenvalue weighted by atomic mass is 16.7. The highest BCUT2D eigenvalue weighted by Gasteiger charge is 2.22. The second-order valence-corrected chi connectivity index (χ2v) is 3.87. The molecule has 1 aliphatic rings. The molecule has 0 radical (unpaired) electrons. The van der Waals surface area contributed by atoms with Crippen LogP contribution in [0.2, 0.25) is 0 Å². The minimum absolute atomic E-state index is 0.164. The highest BCUT2D eigenvalue weighted by molar-refractivity contribution is 5.97. The fourth-order valence-electron chi connectivity index (χ4n) is 1.94. The van der Waals surface area contributed by atoms with E-state index in [2.05, 4.69) is 0 Å². The van der Waals surface area contributed by atoms with Gasteiger partial charge in [0.1, 0.15) is 0 Å². The third-order valence-electron chi connectivity index (χ3n) is 2.87. The van der Waals surface area contributed by atoms with Crippen molar-refractivity contribution in [1.29, 1.82) is 0 Å². The average molecular weight is 220 g/mol. The van der Waals surface area contributed by atoms with Crippen LogP contribution in [0.3, 0.4) is 0 Å². The second kappa shape index (κ2) is 4.76. The van der Waals surface area contributed by atoms with Gasteiger partial charge in [0.2, 0.25) is 0 Å². The molecule has 0 unspecified atom stereocenters. The molecule has 0 spiro atoms. The van der Waals surface area contributed by atoms with E-state index in [1.165, 1.54) is 0 Å². The number of benzene rings is 1. The van der Waals surface area contributed by atoms with E-state index in [-0.39, 0.29) is 12.1 Å². The van der Waals surface area contributed by atoms with Crippen molar-refractivity contribution in [3.05, 3.63) is 34.9 Å². The predicted octanol–water partition coefficient (Wildman–Crippen LogP) is 2.63. The van der Waals surface area contributed by atoms with E-state index in [1.807, 2.05) is 32.0 Å². The molecule has 1 fully saturated rings. The lowest BCUT2D eigenvalue weighted by molar-refractivity contribution is -0.0445. The molecule has 1 heterocycles. The summed E-state index contributed by atoms with van der Waals surface area (Å²) in [5.74, 6) is 0.164. The summed E-state index contributed by atoms with van der Waals surface area (Å²) in [5.41, 5.74) is 2.72. The van der Waals surface area contributed by atoms with Gasteiger partial charge in [-0.25, -0.2) is 0 Å². The zero-order valence-electron chi connectivity index (χ0n) is 9.66. The van der Waals surface area contributed by atoms with Crippen LogP contribution in [0, 0.1) is 6.92 Å². The van der Waals surface area contributed by atoms with Gasteiger partial charge < -0.3 is 9.47 Å². The molecule has 1 saturated heterocycles. The molecule has 0 bridgehead atoms.